The lowest BCUT2D eigenvalue weighted by Gasteiger charge is -2.03. The van der Waals surface area contributed by atoms with Crippen molar-refractivity contribution in [2.75, 3.05) is 11.1 Å². The number of imidazole rings is 1. The van der Waals surface area contributed by atoms with Crippen molar-refractivity contribution in [3.63, 3.8) is 0 Å². The fourth-order valence-corrected chi connectivity index (χ4v) is 2.74. The van der Waals surface area contributed by atoms with Gasteiger partial charge in [0.2, 0.25) is 5.91 Å². The molecule has 2 heterocycles. The monoisotopic (exact) mass is 338 g/mol. The molecule has 2 aromatic rings. The van der Waals surface area contributed by atoms with Crippen LogP contribution in [0.3, 0.4) is 0 Å². The first kappa shape index (κ1) is 16.8. The number of anilines is 1. The van der Waals surface area contributed by atoms with Gasteiger partial charge in [0.15, 0.2) is 5.16 Å². The highest BCUT2D eigenvalue weighted by Crippen LogP contribution is 2.18. The standard InChI is InChI=1S/C15H19ClN4OS/c1-3-4-5-12-10(2)18-15(19-12)22-9-14(21)20-13-7-6-11(16)8-17-13/h6-8H,3-5,9H2,1-2H3,(H,18,19)(H,17,20,21). The summed E-state index contributed by atoms with van der Waals surface area (Å²) in [5, 5.41) is 4.04. The van der Waals surface area contributed by atoms with Gasteiger partial charge in [-0.3, -0.25) is 4.79 Å². The number of rotatable bonds is 7. The van der Waals surface area contributed by atoms with Crippen molar-refractivity contribution >= 4 is 35.1 Å². The molecule has 0 aliphatic heterocycles. The summed E-state index contributed by atoms with van der Waals surface area (Å²) in [6.45, 7) is 4.17. The van der Waals surface area contributed by atoms with Gasteiger partial charge in [-0.05, 0) is 31.9 Å². The van der Waals surface area contributed by atoms with Gasteiger partial charge in [-0.25, -0.2) is 9.97 Å². The largest absolute Gasteiger partial charge is 0.337 e. The molecule has 0 spiro atoms. The van der Waals surface area contributed by atoms with Crippen LogP contribution >= 0.6 is 23.4 Å². The zero-order chi connectivity index (χ0) is 15.9. The Bertz CT molecular complexity index is 627. The van der Waals surface area contributed by atoms with Crippen LogP contribution in [0.15, 0.2) is 23.5 Å². The van der Waals surface area contributed by atoms with Crippen molar-refractivity contribution in [2.24, 2.45) is 0 Å². The van der Waals surface area contributed by atoms with E-state index >= 15 is 0 Å². The van der Waals surface area contributed by atoms with Gasteiger partial charge in [0.05, 0.1) is 16.5 Å². The quantitative estimate of drug-likeness (QED) is 0.752. The van der Waals surface area contributed by atoms with E-state index in [0.717, 1.165) is 35.8 Å². The first-order chi connectivity index (χ1) is 10.6. The number of nitrogens with one attached hydrogen (secondary N) is 2. The van der Waals surface area contributed by atoms with Gasteiger partial charge in [-0.15, -0.1) is 0 Å². The molecule has 0 saturated carbocycles. The van der Waals surface area contributed by atoms with E-state index in [0.29, 0.717) is 10.8 Å². The first-order valence-corrected chi connectivity index (χ1v) is 8.54. The van der Waals surface area contributed by atoms with Crippen molar-refractivity contribution in [3.05, 3.63) is 34.7 Å². The molecule has 0 aliphatic carbocycles. The van der Waals surface area contributed by atoms with Crippen LogP contribution in [0.1, 0.15) is 31.2 Å². The van der Waals surface area contributed by atoms with Crippen LogP contribution in [0.2, 0.25) is 5.02 Å². The third kappa shape index (κ3) is 5.03. The molecular formula is C15H19ClN4OS. The summed E-state index contributed by atoms with van der Waals surface area (Å²) in [6.07, 6.45) is 4.74. The molecule has 0 fully saturated rings. The number of unbranched alkanes of at least 4 members (excludes halogenated alkanes) is 1. The zero-order valence-electron chi connectivity index (χ0n) is 12.6. The highest BCUT2D eigenvalue weighted by Gasteiger charge is 2.09. The molecule has 5 nitrogen and oxygen atoms in total. The summed E-state index contributed by atoms with van der Waals surface area (Å²) < 4.78 is 0. The highest BCUT2D eigenvalue weighted by atomic mass is 35.5. The summed E-state index contributed by atoms with van der Waals surface area (Å²) >= 11 is 7.14. The van der Waals surface area contributed by atoms with E-state index in [1.165, 1.54) is 18.0 Å². The predicted octanol–water partition coefficient (Wildman–Crippen LogP) is 3.84. The van der Waals surface area contributed by atoms with E-state index < -0.39 is 0 Å². The lowest BCUT2D eigenvalue weighted by molar-refractivity contribution is -0.113. The second-order valence-electron chi connectivity index (χ2n) is 4.92. The van der Waals surface area contributed by atoms with E-state index in [2.05, 4.69) is 27.2 Å². The zero-order valence-corrected chi connectivity index (χ0v) is 14.2. The smallest absolute Gasteiger partial charge is 0.236 e. The lowest BCUT2D eigenvalue weighted by atomic mass is 10.2. The number of hydrogen-bond donors (Lipinski definition) is 2. The first-order valence-electron chi connectivity index (χ1n) is 7.18. The van der Waals surface area contributed by atoms with Gasteiger partial charge in [-0.2, -0.15) is 0 Å². The van der Waals surface area contributed by atoms with E-state index in [1.807, 2.05) is 6.92 Å². The molecule has 2 rings (SSSR count). The molecule has 2 aromatic heterocycles. The third-order valence-corrected chi connectivity index (χ3v) is 4.16. The van der Waals surface area contributed by atoms with Gasteiger partial charge in [0, 0.05) is 11.9 Å². The molecule has 22 heavy (non-hydrogen) atoms. The number of H-pyrrole nitrogens is 1. The van der Waals surface area contributed by atoms with Crippen molar-refractivity contribution < 1.29 is 4.79 Å². The van der Waals surface area contributed by atoms with Gasteiger partial charge in [0.1, 0.15) is 5.82 Å². The summed E-state index contributed by atoms with van der Waals surface area (Å²) in [4.78, 5) is 23.7. The maximum Gasteiger partial charge on any atom is 0.236 e. The Balaban J connectivity index is 1.84. The van der Waals surface area contributed by atoms with Crippen LogP contribution in [0.4, 0.5) is 5.82 Å². The van der Waals surface area contributed by atoms with Crippen LogP contribution in [-0.2, 0) is 11.2 Å². The van der Waals surface area contributed by atoms with E-state index in [9.17, 15) is 4.79 Å². The van der Waals surface area contributed by atoms with Gasteiger partial charge >= 0.3 is 0 Å². The molecule has 0 aliphatic rings. The van der Waals surface area contributed by atoms with Crippen molar-refractivity contribution in [1.82, 2.24) is 15.0 Å². The Labute approximate surface area is 139 Å². The van der Waals surface area contributed by atoms with Crippen LogP contribution in [0.5, 0.6) is 0 Å². The molecule has 2 N–H and O–H groups in total. The van der Waals surface area contributed by atoms with E-state index in [1.54, 1.807) is 12.1 Å². The molecule has 0 saturated heterocycles. The number of carbonyl (C=O) groups excluding carboxylic acids is 1. The topological polar surface area (TPSA) is 70.7 Å². The summed E-state index contributed by atoms with van der Waals surface area (Å²) in [5.41, 5.74) is 2.17. The number of carbonyl (C=O) groups is 1. The van der Waals surface area contributed by atoms with E-state index in [4.69, 9.17) is 11.6 Å². The minimum atomic E-state index is -0.121. The second kappa shape index (κ2) is 8.19. The molecule has 0 bridgehead atoms. The van der Waals surface area contributed by atoms with Crippen molar-refractivity contribution in [2.45, 2.75) is 38.3 Å². The number of halogens is 1. The average Bonchev–Trinajstić information content (AvgIpc) is 2.86. The number of thioether (sulfide) groups is 1. The Kier molecular flexibility index (Phi) is 6.27. The van der Waals surface area contributed by atoms with Crippen molar-refractivity contribution in [3.8, 4) is 0 Å². The Morgan fingerprint density at radius 3 is 2.95 bits per heavy atom. The molecule has 1 amide bonds. The number of nitrogens with zero attached hydrogens (tertiary/aromatic N) is 2. The van der Waals surface area contributed by atoms with Gasteiger partial charge in [0.25, 0.3) is 0 Å². The number of hydrogen-bond acceptors (Lipinski definition) is 4. The summed E-state index contributed by atoms with van der Waals surface area (Å²) in [5.74, 6) is 0.656. The molecule has 0 aromatic carbocycles. The molecule has 118 valence electrons. The maximum atomic E-state index is 11.9. The van der Waals surface area contributed by atoms with Crippen LogP contribution in [0, 0.1) is 6.92 Å². The van der Waals surface area contributed by atoms with Gasteiger partial charge < -0.3 is 10.3 Å². The predicted molar refractivity (Wildman–Crippen MR) is 90.5 cm³/mol. The SMILES string of the molecule is CCCCc1nc(SCC(=O)Nc2ccc(Cl)cn2)[nH]c1C. The number of aromatic nitrogens is 3. The minimum Gasteiger partial charge on any atom is -0.337 e. The Morgan fingerprint density at radius 1 is 1.45 bits per heavy atom. The number of aromatic amines is 1. The summed E-state index contributed by atoms with van der Waals surface area (Å²) in [6, 6.07) is 3.36. The van der Waals surface area contributed by atoms with Crippen molar-refractivity contribution in [1.29, 1.82) is 0 Å². The number of amides is 1. The second-order valence-corrected chi connectivity index (χ2v) is 6.32. The van der Waals surface area contributed by atoms with Crippen LogP contribution < -0.4 is 5.32 Å². The molecule has 0 radical (unpaired) electrons. The minimum absolute atomic E-state index is 0.121. The molecule has 0 atom stereocenters. The fourth-order valence-electron chi connectivity index (χ4n) is 1.89. The fraction of sp³-hybridized carbons (Fsp3) is 0.400. The highest BCUT2D eigenvalue weighted by molar-refractivity contribution is 7.99. The maximum absolute atomic E-state index is 11.9. The molecular weight excluding hydrogens is 320 g/mol. The average molecular weight is 339 g/mol. The lowest BCUT2D eigenvalue weighted by Crippen LogP contribution is -2.14. The summed E-state index contributed by atoms with van der Waals surface area (Å²) in [7, 11) is 0. The van der Waals surface area contributed by atoms with Gasteiger partial charge in [-0.1, -0.05) is 36.7 Å². The normalized spacial score (nSPS) is 10.7. The van der Waals surface area contributed by atoms with Crippen LogP contribution in [0.25, 0.3) is 0 Å². The number of pyridine rings is 1. The number of aryl methyl sites for hydroxylation is 2. The Morgan fingerprint density at radius 2 is 2.27 bits per heavy atom. The van der Waals surface area contributed by atoms with E-state index in [-0.39, 0.29) is 11.7 Å². The van der Waals surface area contributed by atoms with Crippen LogP contribution in [-0.4, -0.2) is 26.6 Å². The Hall–Kier alpha value is -1.53. The molecule has 0 unspecified atom stereocenters. The molecule has 7 heteroatoms. The third-order valence-electron chi connectivity index (χ3n) is 3.07.